The highest BCUT2D eigenvalue weighted by atomic mass is 16.6. The van der Waals surface area contributed by atoms with Crippen molar-refractivity contribution in [3.05, 3.63) is 23.8 Å². The van der Waals surface area contributed by atoms with E-state index in [0.717, 1.165) is 12.8 Å². The summed E-state index contributed by atoms with van der Waals surface area (Å²) >= 11 is 0. The summed E-state index contributed by atoms with van der Waals surface area (Å²) in [7, 11) is 0. The van der Waals surface area contributed by atoms with Gasteiger partial charge in [0.25, 0.3) is 0 Å². The molecule has 1 N–H and O–H groups in total. The summed E-state index contributed by atoms with van der Waals surface area (Å²) in [6.07, 6.45) is 8.48. The van der Waals surface area contributed by atoms with Gasteiger partial charge in [-0.2, -0.15) is 0 Å². The van der Waals surface area contributed by atoms with Gasteiger partial charge in [0.15, 0.2) is 17.3 Å². The Morgan fingerprint density at radius 1 is 0.960 bits per heavy atom. The van der Waals surface area contributed by atoms with E-state index >= 15 is 0 Å². The first-order valence-corrected chi connectivity index (χ1v) is 9.44. The number of hydrogen-bond donors (Lipinski definition) is 1. The molecule has 0 aromatic heterocycles. The summed E-state index contributed by atoms with van der Waals surface area (Å²) in [5, 5.41) is 3.13. The van der Waals surface area contributed by atoms with E-state index in [9.17, 15) is 9.59 Å². The van der Waals surface area contributed by atoms with E-state index < -0.39 is 0 Å². The number of hydrogen-bond acceptors (Lipinski definition) is 4. The molecule has 5 nitrogen and oxygen atoms in total. The summed E-state index contributed by atoms with van der Waals surface area (Å²) in [5.41, 5.74) is 0.619. The summed E-state index contributed by atoms with van der Waals surface area (Å²) in [6, 6.07) is 5.60. The molecule has 136 valence electrons. The quantitative estimate of drug-likeness (QED) is 0.631. The predicted octanol–water partition coefficient (Wildman–Crippen LogP) is 3.65. The number of rotatable bonds is 6. The van der Waals surface area contributed by atoms with Crippen molar-refractivity contribution >= 4 is 11.7 Å². The second-order valence-electron chi connectivity index (χ2n) is 6.89. The highest BCUT2D eigenvalue weighted by Gasteiger charge is 2.17. The van der Waals surface area contributed by atoms with Crippen LogP contribution in [0.1, 0.15) is 68.1 Å². The molecule has 0 unspecified atom stereocenters. The van der Waals surface area contributed by atoms with Gasteiger partial charge in [0.2, 0.25) is 5.91 Å². The third-order valence-corrected chi connectivity index (χ3v) is 4.89. The van der Waals surface area contributed by atoms with Crippen LogP contribution in [-0.4, -0.2) is 30.9 Å². The van der Waals surface area contributed by atoms with E-state index in [1.165, 1.54) is 25.7 Å². The minimum absolute atomic E-state index is 0.0410. The standard InChI is InChI=1S/C20H27NO4/c22-17(15-10-11-18-19(14-15)25-13-12-24-18)8-5-9-20(23)21-16-6-3-1-2-4-7-16/h10-11,14,16H,1-9,12-13H2,(H,21,23). The van der Waals surface area contributed by atoms with Crippen molar-refractivity contribution in [2.75, 3.05) is 13.2 Å². The molecule has 1 aromatic carbocycles. The number of ether oxygens (including phenoxy) is 2. The largest absolute Gasteiger partial charge is 0.486 e. The number of Topliss-reactive ketones (excluding diaryl/α,β-unsaturated/α-hetero) is 1. The Kier molecular flexibility index (Phi) is 6.31. The van der Waals surface area contributed by atoms with Crippen LogP contribution in [0.3, 0.4) is 0 Å². The zero-order valence-electron chi connectivity index (χ0n) is 14.7. The fourth-order valence-electron chi connectivity index (χ4n) is 3.49. The molecule has 1 aromatic rings. The molecule has 1 saturated carbocycles. The Morgan fingerprint density at radius 3 is 2.44 bits per heavy atom. The fraction of sp³-hybridized carbons (Fsp3) is 0.600. The van der Waals surface area contributed by atoms with Crippen LogP contribution in [0.15, 0.2) is 18.2 Å². The van der Waals surface area contributed by atoms with E-state index in [4.69, 9.17) is 9.47 Å². The Bertz CT molecular complexity index is 606. The molecular formula is C20H27NO4. The maximum atomic E-state index is 12.3. The van der Waals surface area contributed by atoms with Crippen molar-refractivity contribution in [1.82, 2.24) is 5.32 Å². The molecule has 1 aliphatic heterocycles. The molecule has 1 fully saturated rings. The van der Waals surface area contributed by atoms with Crippen LogP contribution in [0.5, 0.6) is 11.5 Å². The lowest BCUT2D eigenvalue weighted by molar-refractivity contribution is -0.121. The first-order chi connectivity index (χ1) is 12.2. The molecule has 0 bridgehead atoms. The summed E-state index contributed by atoms with van der Waals surface area (Å²) in [4.78, 5) is 24.4. The molecule has 0 atom stereocenters. The molecule has 0 spiro atoms. The Balaban J connectivity index is 1.42. The van der Waals surface area contributed by atoms with Gasteiger partial charge in [-0.3, -0.25) is 9.59 Å². The van der Waals surface area contributed by atoms with Crippen molar-refractivity contribution in [3.63, 3.8) is 0 Å². The zero-order chi connectivity index (χ0) is 17.5. The molecule has 1 amide bonds. The summed E-state index contributed by atoms with van der Waals surface area (Å²) in [6.45, 7) is 1.04. The van der Waals surface area contributed by atoms with E-state index in [0.29, 0.717) is 55.6 Å². The average Bonchev–Trinajstić information content (AvgIpc) is 2.90. The molecule has 25 heavy (non-hydrogen) atoms. The molecule has 3 rings (SSSR count). The fourth-order valence-corrected chi connectivity index (χ4v) is 3.49. The minimum Gasteiger partial charge on any atom is -0.486 e. The van der Waals surface area contributed by atoms with Gasteiger partial charge >= 0.3 is 0 Å². The zero-order valence-corrected chi connectivity index (χ0v) is 14.7. The summed E-state index contributed by atoms with van der Waals surface area (Å²) in [5.74, 6) is 1.43. The Morgan fingerprint density at radius 2 is 1.68 bits per heavy atom. The van der Waals surface area contributed by atoms with Crippen molar-refractivity contribution in [3.8, 4) is 11.5 Å². The highest BCUT2D eigenvalue weighted by molar-refractivity contribution is 5.96. The normalized spacial score (nSPS) is 17.6. The van der Waals surface area contributed by atoms with Crippen molar-refractivity contribution < 1.29 is 19.1 Å². The molecular weight excluding hydrogens is 318 g/mol. The van der Waals surface area contributed by atoms with Gasteiger partial charge in [0, 0.05) is 24.4 Å². The number of benzene rings is 1. The van der Waals surface area contributed by atoms with Gasteiger partial charge in [0.1, 0.15) is 13.2 Å². The van der Waals surface area contributed by atoms with Crippen LogP contribution in [0.2, 0.25) is 0 Å². The first-order valence-electron chi connectivity index (χ1n) is 9.44. The molecule has 0 radical (unpaired) electrons. The van der Waals surface area contributed by atoms with Crippen molar-refractivity contribution in [2.24, 2.45) is 0 Å². The van der Waals surface area contributed by atoms with Gasteiger partial charge in [-0.25, -0.2) is 0 Å². The van der Waals surface area contributed by atoms with Crippen LogP contribution >= 0.6 is 0 Å². The molecule has 1 heterocycles. The van der Waals surface area contributed by atoms with Gasteiger partial charge in [0.05, 0.1) is 0 Å². The third-order valence-electron chi connectivity index (χ3n) is 4.89. The topological polar surface area (TPSA) is 64.6 Å². The monoisotopic (exact) mass is 345 g/mol. The number of amides is 1. The lowest BCUT2D eigenvalue weighted by atomic mass is 10.0. The Hall–Kier alpha value is -2.04. The van der Waals surface area contributed by atoms with E-state index in [1.807, 2.05) is 0 Å². The molecule has 0 saturated heterocycles. The first kappa shape index (κ1) is 17.8. The van der Waals surface area contributed by atoms with Gasteiger partial charge in [-0.1, -0.05) is 25.7 Å². The lowest BCUT2D eigenvalue weighted by Crippen LogP contribution is -2.34. The molecule has 1 aliphatic carbocycles. The molecule has 2 aliphatic rings. The van der Waals surface area contributed by atoms with Crippen LogP contribution in [0, 0.1) is 0 Å². The average molecular weight is 345 g/mol. The van der Waals surface area contributed by atoms with E-state index in [2.05, 4.69) is 5.32 Å². The maximum Gasteiger partial charge on any atom is 0.220 e. The van der Waals surface area contributed by atoms with Crippen LogP contribution in [0.4, 0.5) is 0 Å². The van der Waals surface area contributed by atoms with Crippen LogP contribution < -0.4 is 14.8 Å². The second-order valence-corrected chi connectivity index (χ2v) is 6.89. The number of ketones is 1. The highest BCUT2D eigenvalue weighted by Crippen LogP contribution is 2.31. The number of nitrogens with one attached hydrogen (secondary N) is 1. The van der Waals surface area contributed by atoms with Gasteiger partial charge < -0.3 is 14.8 Å². The van der Waals surface area contributed by atoms with Crippen LogP contribution in [-0.2, 0) is 4.79 Å². The molecule has 5 heteroatoms. The number of carbonyl (C=O) groups is 2. The van der Waals surface area contributed by atoms with Crippen LogP contribution in [0.25, 0.3) is 0 Å². The predicted molar refractivity (Wildman–Crippen MR) is 95.2 cm³/mol. The SMILES string of the molecule is O=C(CCCC(=O)c1ccc2c(c1)OCCO2)NC1CCCCCC1. The number of fused-ring (bicyclic) bond motifs is 1. The van der Waals surface area contributed by atoms with E-state index in [-0.39, 0.29) is 11.7 Å². The maximum absolute atomic E-state index is 12.3. The minimum atomic E-state index is 0.0410. The van der Waals surface area contributed by atoms with Gasteiger partial charge in [-0.15, -0.1) is 0 Å². The van der Waals surface area contributed by atoms with E-state index in [1.54, 1.807) is 18.2 Å². The summed E-state index contributed by atoms with van der Waals surface area (Å²) < 4.78 is 11.0. The third kappa shape index (κ3) is 5.21. The van der Waals surface area contributed by atoms with Crippen molar-refractivity contribution in [1.29, 1.82) is 0 Å². The smallest absolute Gasteiger partial charge is 0.220 e. The second kappa shape index (κ2) is 8.88. The van der Waals surface area contributed by atoms with Crippen molar-refractivity contribution in [2.45, 2.75) is 63.8 Å². The van der Waals surface area contributed by atoms with Gasteiger partial charge in [-0.05, 0) is 37.5 Å². The lowest BCUT2D eigenvalue weighted by Gasteiger charge is -2.18. The number of carbonyl (C=O) groups excluding carboxylic acids is 2. The Labute approximate surface area is 149 Å².